The molecule has 1 atom stereocenters. The van der Waals surface area contributed by atoms with E-state index in [1.807, 2.05) is 62.4 Å². The third kappa shape index (κ3) is 6.59. The van der Waals surface area contributed by atoms with Crippen LogP contribution in [-0.4, -0.2) is 11.6 Å². The summed E-state index contributed by atoms with van der Waals surface area (Å²) in [6.45, 7) is 4.47. The normalized spacial score (nSPS) is 12.5. The minimum atomic E-state index is -0.263. The monoisotopic (exact) mass is 477 g/mol. The van der Waals surface area contributed by atoms with Crippen molar-refractivity contribution in [3.8, 4) is 11.6 Å². The number of nitrogens with zero attached hydrogens (tertiary/aromatic N) is 1. The first-order valence-corrected chi connectivity index (χ1v) is 9.35. The van der Waals surface area contributed by atoms with Crippen LogP contribution in [0.3, 0.4) is 0 Å². The van der Waals surface area contributed by atoms with Gasteiger partial charge in [-0.25, -0.2) is 4.98 Å². The van der Waals surface area contributed by atoms with Crippen LogP contribution in [0.2, 0.25) is 0 Å². The molecular formula is C18H18Cl2INO2. The lowest BCUT2D eigenvalue weighted by molar-refractivity contribution is 0.0724. The fourth-order valence-corrected chi connectivity index (χ4v) is 3.05. The Bertz CT molecular complexity index is 688. The van der Waals surface area contributed by atoms with Crippen LogP contribution in [0.1, 0.15) is 23.7 Å². The Hall–Kier alpha value is -0.820. The highest BCUT2D eigenvalue weighted by atomic mass is 127. The first-order valence-electron chi connectivity index (χ1n) is 7.35. The van der Waals surface area contributed by atoms with Gasteiger partial charge in [0.05, 0.1) is 12.3 Å². The number of aromatic nitrogens is 1. The fourth-order valence-electron chi connectivity index (χ4n) is 1.93. The predicted octanol–water partition coefficient (Wildman–Crippen LogP) is 6.67. The second kappa shape index (κ2) is 9.04. The molecule has 0 aliphatic rings. The fraction of sp³-hybridized carbons (Fsp3) is 0.278. The van der Waals surface area contributed by atoms with E-state index in [2.05, 4.69) is 27.6 Å². The third-order valence-corrected chi connectivity index (χ3v) is 4.26. The molecule has 0 amide bonds. The van der Waals surface area contributed by atoms with Crippen LogP contribution >= 0.6 is 45.8 Å². The second-order valence-corrected chi connectivity index (χ2v) is 8.00. The first kappa shape index (κ1) is 19.5. The number of para-hydroxylation sites is 1. The molecule has 3 nitrogen and oxygen atoms in total. The van der Waals surface area contributed by atoms with E-state index in [0.717, 1.165) is 11.4 Å². The number of benzene rings is 1. The van der Waals surface area contributed by atoms with Crippen LogP contribution in [0.15, 0.2) is 59.1 Å². The van der Waals surface area contributed by atoms with E-state index < -0.39 is 0 Å². The molecule has 24 heavy (non-hydrogen) atoms. The van der Waals surface area contributed by atoms with E-state index in [1.165, 1.54) is 0 Å². The first-order chi connectivity index (χ1) is 11.4. The maximum absolute atomic E-state index is 5.91. The predicted molar refractivity (Wildman–Crippen MR) is 107 cm³/mol. The largest absolute Gasteiger partial charge is 0.439 e. The SMILES string of the molecule is CC(C)(C=C(Cl)Cl)COC(I)c1cccc(Oc2ccccc2)n1. The van der Waals surface area contributed by atoms with Gasteiger partial charge in [-0.15, -0.1) is 0 Å². The summed E-state index contributed by atoms with van der Waals surface area (Å²) in [5.41, 5.74) is 0.529. The topological polar surface area (TPSA) is 31.4 Å². The maximum atomic E-state index is 5.91. The molecular weight excluding hydrogens is 460 g/mol. The Morgan fingerprint density at radius 3 is 2.54 bits per heavy atom. The molecule has 1 aromatic heterocycles. The van der Waals surface area contributed by atoms with Crippen LogP contribution in [-0.2, 0) is 4.74 Å². The number of ether oxygens (including phenoxy) is 2. The number of alkyl halides is 1. The summed E-state index contributed by atoms with van der Waals surface area (Å²) in [6, 6.07) is 15.2. The number of pyridine rings is 1. The van der Waals surface area contributed by atoms with E-state index in [4.69, 9.17) is 32.7 Å². The van der Waals surface area contributed by atoms with Crippen LogP contribution in [0, 0.1) is 5.41 Å². The molecule has 0 bridgehead atoms. The molecule has 2 rings (SSSR count). The Kier molecular flexibility index (Phi) is 7.34. The summed E-state index contributed by atoms with van der Waals surface area (Å²) in [7, 11) is 0. The molecule has 0 spiro atoms. The zero-order valence-corrected chi connectivity index (χ0v) is 17.0. The minimum Gasteiger partial charge on any atom is -0.439 e. The lowest BCUT2D eigenvalue weighted by Crippen LogP contribution is -2.17. The Morgan fingerprint density at radius 2 is 1.88 bits per heavy atom. The van der Waals surface area contributed by atoms with Crippen molar-refractivity contribution in [1.82, 2.24) is 4.98 Å². The highest BCUT2D eigenvalue weighted by molar-refractivity contribution is 14.1. The molecule has 1 heterocycles. The van der Waals surface area contributed by atoms with Crippen molar-refractivity contribution in [2.45, 2.75) is 18.0 Å². The number of rotatable bonds is 7. The minimum absolute atomic E-state index is 0.205. The van der Waals surface area contributed by atoms with Gasteiger partial charge in [-0.3, -0.25) is 0 Å². The highest BCUT2D eigenvalue weighted by Gasteiger charge is 2.19. The molecule has 128 valence electrons. The zero-order chi connectivity index (χ0) is 17.6. The van der Waals surface area contributed by atoms with E-state index in [0.29, 0.717) is 12.5 Å². The van der Waals surface area contributed by atoms with Crippen molar-refractivity contribution in [3.05, 3.63) is 64.8 Å². The van der Waals surface area contributed by atoms with E-state index in [9.17, 15) is 0 Å². The van der Waals surface area contributed by atoms with Crippen molar-refractivity contribution in [2.75, 3.05) is 6.61 Å². The summed E-state index contributed by atoms with van der Waals surface area (Å²) in [6.07, 6.45) is 1.77. The lowest BCUT2D eigenvalue weighted by Gasteiger charge is -2.22. The smallest absolute Gasteiger partial charge is 0.219 e. The van der Waals surface area contributed by atoms with Gasteiger partial charge in [-0.1, -0.05) is 61.3 Å². The van der Waals surface area contributed by atoms with Crippen molar-refractivity contribution in [3.63, 3.8) is 0 Å². The van der Waals surface area contributed by atoms with Crippen LogP contribution in [0.5, 0.6) is 11.6 Å². The van der Waals surface area contributed by atoms with E-state index >= 15 is 0 Å². The van der Waals surface area contributed by atoms with E-state index in [-0.39, 0.29) is 14.0 Å². The van der Waals surface area contributed by atoms with Crippen LogP contribution < -0.4 is 4.74 Å². The average molecular weight is 478 g/mol. The van der Waals surface area contributed by atoms with Gasteiger partial charge in [0.25, 0.3) is 0 Å². The molecule has 6 heteroatoms. The summed E-state index contributed by atoms with van der Waals surface area (Å²) in [5.74, 6) is 1.28. The Labute approximate surface area is 166 Å². The average Bonchev–Trinajstić information content (AvgIpc) is 2.53. The highest BCUT2D eigenvalue weighted by Crippen LogP contribution is 2.30. The molecule has 0 N–H and O–H groups in total. The maximum Gasteiger partial charge on any atom is 0.219 e. The van der Waals surface area contributed by atoms with Gasteiger partial charge >= 0.3 is 0 Å². The number of hydrogen-bond donors (Lipinski definition) is 0. The molecule has 0 radical (unpaired) electrons. The van der Waals surface area contributed by atoms with Crippen molar-refractivity contribution in [1.29, 1.82) is 0 Å². The third-order valence-electron chi connectivity index (χ3n) is 3.04. The standard InChI is InChI=1S/C18H18Cl2INO2/c1-18(2,11-15(19)20)12-23-17(21)14-9-6-10-16(22-14)24-13-7-4-3-5-8-13/h3-11,17H,12H2,1-2H3. The van der Waals surface area contributed by atoms with Gasteiger partial charge in [-0.05, 0) is 46.9 Å². The molecule has 0 fully saturated rings. The van der Waals surface area contributed by atoms with Gasteiger partial charge in [0, 0.05) is 11.5 Å². The number of hydrogen-bond acceptors (Lipinski definition) is 3. The zero-order valence-electron chi connectivity index (χ0n) is 13.4. The quantitative estimate of drug-likeness (QED) is 0.329. The van der Waals surface area contributed by atoms with Gasteiger partial charge < -0.3 is 9.47 Å². The van der Waals surface area contributed by atoms with Crippen LogP contribution in [0.25, 0.3) is 0 Å². The Morgan fingerprint density at radius 1 is 1.17 bits per heavy atom. The Balaban J connectivity index is 2.01. The van der Waals surface area contributed by atoms with Crippen LogP contribution in [0.4, 0.5) is 0 Å². The van der Waals surface area contributed by atoms with Crippen molar-refractivity contribution < 1.29 is 9.47 Å². The summed E-state index contributed by atoms with van der Waals surface area (Å²) < 4.78 is 11.7. The second-order valence-electron chi connectivity index (χ2n) is 5.87. The molecule has 0 aliphatic heterocycles. The molecule has 0 saturated carbocycles. The summed E-state index contributed by atoms with van der Waals surface area (Å²) in [5, 5.41) is 0. The molecule has 2 aromatic rings. The van der Waals surface area contributed by atoms with Gasteiger partial charge in [0.15, 0.2) is 4.11 Å². The summed E-state index contributed by atoms with van der Waals surface area (Å²) in [4.78, 5) is 4.51. The lowest BCUT2D eigenvalue weighted by atomic mass is 9.95. The molecule has 1 aromatic carbocycles. The van der Waals surface area contributed by atoms with Crippen molar-refractivity contribution >= 4 is 45.8 Å². The number of halogens is 3. The van der Waals surface area contributed by atoms with Gasteiger partial charge in [0.1, 0.15) is 10.2 Å². The van der Waals surface area contributed by atoms with Crippen molar-refractivity contribution in [2.24, 2.45) is 5.41 Å². The van der Waals surface area contributed by atoms with Gasteiger partial charge in [-0.2, -0.15) is 0 Å². The molecule has 0 aliphatic carbocycles. The van der Waals surface area contributed by atoms with E-state index in [1.54, 1.807) is 6.08 Å². The molecule has 0 saturated heterocycles. The summed E-state index contributed by atoms with van der Waals surface area (Å²) >= 11 is 13.7. The molecule has 1 unspecified atom stereocenters. The van der Waals surface area contributed by atoms with Gasteiger partial charge in [0.2, 0.25) is 5.88 Å².